The first-order chi connectivity index (χ1) is 9.95. The molecular formula is C16H21NO4. The highest BCUT2D eigenvalue weighted by molar-refractivity contribution is 5.94. The fourth-order valence-electron chi connectivity index (χ4n) is 2.59. The SMILES string of the molecule is CC(C)Oc1cccc(C(=O)N[C@H]2CC[C@@H](C(=O)O)C2)c1. The molecule has 1 aromatic carbocycles. The Morgan fingerprint density at radius 2 is 2.10 bits per heavy atom. The van der Waals surface area contributed by atoms with Crippen molar-refractivity contribution in [2.45, 2.75) is 45.3 Å². The number of hydrogen-bond acceptors (Lipinski definition) is 3. The van der Waals surface area contributed by atoms with E-state index in [9.17, 15) is 9.59 Å². The molecule has 1 aromatic rings. The van der Waals surface area contributed by atoms with E-state index in [1.807, 2.05) is 19.9 Å². The van der Waals surface area contributed by atoms with Gasteiger partial charge in [0.2, 0.25) is 0 Å². The number of benzene rings is 1. The minimum absolute atomic E-state index is 0.0504. The van der Waals surface area contributed by atoms with Gasteiger partial charge in [0.15, 0.2) is 0 Å². The Bertz CT molecular complexity index is 527. The minimum atomic E-state index is -0.779. The van der Waals surface area contributed by atoms with Crippen molar-refractivity contribution in [1.82, 2.24) is 5.32 Å². The molecule has 114 valence electrons. The fraction of sp³-hybridized carbons (Fsp3) is 0.500. The Morgan fingerprint density at radius 3 is 2.71 bits per heavy atom. The van der Waals surface area contributed by atoms with E-state index in [4.69, 9.17) is 9.84 Å². The van der Waals surface area contributed by atoms with E-state index < -0.39 is 5.97 Å². The second-order valence-corrected chi connectivity index (χ2v) is 5.71. The number of carboxylic acid groups (broad SMARTS) is 1. The molecule has 0 aromatic heterocycles. The number of carbonyl (C=O) groups excluding carboxylic acids is 1. The molecule has 2 N–H and O–H groups in total. The van der Waals surface area contributed by atoms with Gasteiger partial charge in [-0.05, 0) is 51.3 Å². The van der Waals surface area contributed by atoms with Crippen molar-refractivity contribution in [3.05, 3.63) is 29.8 Å². The van der Waals surface area contributed by atoms with Gasteiger partial charge in [-0.2, -0.15) is 0 Å². The summed E-state index contributed by atoms with van der Waals surface area (Å²) in [7, 11) is 0. The number of aliphatic carboxylic acids is 1. The van der Waals surface area contributed by atoms with Gasteiger partial charge >= 0.3 is 5.97 Å². The van der Waals surface area contributed by atoms with Crippen molar-refractivity contribution < 1.29 is 19.4 Å². The van der Waals surface area contributed by atoms with Crippen molar-refractivity contribution in [1.29, 1.82) is 0 Å². The molecule has 1 amide bonds. The Hall–Kier alpha value is -2.04. The quantitative estimate of drug-likeness (QED) is 0.873. The molecule has 5 nitrogen and oxygen atoms in total. The first-order valence-electron chi connectivity index (χ1n) is 7.26. The van der Waals surface area contributed by atoms with Gasteiger partial charge in [0.1, 0.15) is 5.75 Å². The van der Waals surface area contributed by atoms with E-state index in [0.717, 1.165) is 0 Å². The first-order valence-corrected chi connectivity index (χ1v) is 7.26. The summed E-state index contributed by atoms with van der Waals surface area (Å²) in [5.41, 5.74) is 0.534. The van der Waals surface area contributed by atoms with Crippen molar-refractivity contribution >= 4 is 11.9 Å². The summed E-state index contributed by atoms with van der Waals surface area (Å²) in [4.78, 5) is 23.1. The van der Waals surface area contributed by atoms with E-state index in [0.29, 0.717) is 30.6 Å². The average molecular weight is 291 g/mol. The molecule has 0 radical (unpaired) electrons. The number of carboxylic acids is 1. The van der Waals surface area contributed by atoms with Gasteiger partial charge in [-0.25, -0.2) is 0 Å². The Labute approximate surface area is 124 Å². The number of ether oxygens (including phenoxy) is 1. The third-order valence-electron chi connectivity index (χ3n) is 3.59. The summed E-state index contributed by atoms with van der Waals surface area (Å²) < 4.78 is 5.57. The molecule has 0 aliphatic heterocycles. The minimum Gasteiger partial charge on any atom is -0.491 e. The molecule has 5 heteroatoms. The second kappa shape index (κ2) is 6.61. The van der Waals surface area contributed by atoms with Gasteiger partial charge in [-0.3, -0.25) is 9.59 Å². The molecule has 0 heterocycles. The molecule has 1 saturated carbocycles. The van der Waals surface area contributed by atoms with Crippen LogP contribution < -0.4 is 10.1 Å². The predicted octanol–water partition coefficient (Wildman–Crippen LogP) is 2.46. The monoisotopic (exact) mass is 291 g/mol. The van der Waals surface area contributed by atoms with E-state index in [1.165, 1.54) is 0 Å². The van der Waals surface area contributed by atoms with Crippen LogP contribution in [0.15, 0.2) is 24.3 Å². The van der Waals surface area contributed by atoms with Crippen molar-refractivity contribution in [2.24, 2.45) is 5.92 Å². The predicted molar refractivity (Wildman–Crippen MR) is 78.4 cm³/mol. The topological polar surface area (TPSA) is 75.6 Å². The smallest absolute Gasteiger partial charge is 0.306 e. The fourth-order valence-corrected chi connectivity index (χ4v) is 2.59. The van der Waals surface area contributed by atoms with Gasteiger partial charge in [0.25, 0.3) is 5.91 Å². The zero-order chi connectivity index (χ0) is 15.4. The van der Waals surface area contributed by atoms with Gasteiger partial charge < -0.3 is 15.2 Å². The standard InChI is InChI=1S/C16H21NO4/c1-10(2)21-14-5-3-4-11(9-14)15(18)17-13-7-6-12(8-13)16(19)20/h3-5,9-10,12-13H,6-8H2,1-2H3,(H,17,18)(H,19,20)/t12-,13+/m1/s1. The molecule has 0 bridgehead atoms. The van der Waals surface area contributed by atoms with Crippen LogP contribution in [0.5, 0.6) is 5.75 Å². The molecule has 21 heavy (non-hydrogen) atoms. The number of carbonyl (C=O) groups is 2. The van der Waals surface area contributed by atoms with Crippen LogP contribution in [0.1, 0.15) is 43.5 Å². The summed E-state index contributed by atoms with van der Waals surface area (Å²) >= 11 is 0. The third kappa shape index (κ3) is 4.21. The van der Waals surface area contributed by atoms with E-state index in [1.54, 1.807) is 18.2 Å². The van der Waals surface area contributed by atoms with Crippen LogP contribution in [0.25, 0.3) is 0 Å². The number of amides is 1. The Kier molecular flexibility index (Phi) is 4.83. The van der Waals surface area contributed by atoms with Crippen molar-refractivity contribution in [3.63, 3.8) is 0 Å². The summed E-state index contributed by atoms with van der Waals surface area (Å²) in [6.07, 6.45) is 1.89. The van der Waals surface area contributed by atoms with Gasteiger partial charge in [-0.15, -0.1) is 0 Å². The summed E-state index contributed by atoms with van der Waals surface area (Å²) in [5, 5.41) is 11.9. The lowest BCUT2D eigenvalue weighted by molar-refractivity contribution is -0.141. The largest absolute Gasteiger partial charge is 0.491 e. The zero-order valence-corrected chi connectivity index (χ0v) is 12.3. The molecule has 0 unspecified atom stereocenters. The third-order valence-corrected chi connectivity index (χ3v) is 3.59. The Balaban J connectivity index is 1.96. The first kappa shape index (κ1) is 15.4. The molecule has 1 fully saturated rings. The average Bonchev–Trinajstić information content (AvgIpc) is 2.87. The van der Waals surface area contributed by atoms with Crippen LogP contribution in [0.3, 0.4) is 0 Å². The maximum atomic E-state index is 12.2. The highest BCUT2D eigenvalue weighted by Crippen LogP contribution is 2.26. The lowest BCUT2D eigenvalue weighted by atomic mass is 10.1. The van der Waals surface area contributed by atoms with E-state index in [2.05, 4.69) is 5.32 Å². The number of rotatable bonds is 5. The summed E-state index contributed by atoms with van der Waals surface area (Å²) in [6, 6.07) is 6.97. The maximum Gasteiger partial charge on any atom is 0.306 e. The summed E-state index contributed by atoms with van der Waals surface area (Å²) in [6.45, 7) is 3.86. The lowest BCUT2D eigenvalue weighted by Gasteiger charge is -2.14. The second-order valence-electron chi connectivity index (χ2n) is 5.71. The van der Waals surface area contributed by atoms with Crippen LogP contribution >= 0.6 is 0 Å². The normalized spacial score (nSPS) is 21.3. The zero-order valence-electron chi connectivity index (χ0n) is 12.3. The highest BCUT2D eigenvalue weighted by atomic mass is 16.5. The van der Waals surface area contributed by atoms with Crippen LogP contribution in [-0.2, 0) is 4.79 Å². The molecule has 2 rings (SSSR count). The highest BCUT2D eigenvalue weighted by Gasteiger charge is 2.30. The van der Waals surface area contributed by atoms with E-state index >= 15 is 0 Å². The molecule has 1 aliphatic rings. The van der Waals surface area contributed by atoms with Crippen LogP contribution in [-0.4, -0.2) is 29.1 Å². The molecular weight excluding hydrogens is 270 g/mol. The van der Waals surface area contributed by atoms with E-state index in [-0.39, 0.29) is 24.0 Å². The summed E-state index contributed by atoms with van der Waals surface area (Å²) in [5.74, 6) is -0.641. The molecule has 0 saturated heterocycles. The van der Waals surface area contributed by atoms with Gasteiger partial charge in [0, 0.05) is 11.6 Å². The Morgan fingerprint density at radius 1 is 1.33 bits per heavy atom. The van der Waals surface area contributed by atoms with Crippen LogP contribution in [0, 0.1) is 5.92 Å². The molecule has 1 aliphatic carbocycles. The van der Waals surface area contributed by atoms with Gasteiger partial charge in [0.05, 0.1) is 12.0 Å². The van der Waals surface area contributed by atoms with Crippen LogP contribution in [0.4, 0.5) is 0 Å². The van der Waals surface area contributed by atoms with Gasteiger partial charge in [-0.1, -0.05) is 6.07 Å². The van der Waals surface area contributed by atoms with Crippen LogP contribution in [0.2, 0.25) is 0 Å². The number of nitrogens with one attached hydrogen (secondary N) is 1. The van der Waals surface area contributed by atoms with Crippen molar-refractivity contribution in [3.8, 4) is 5.75 Å². The lowest BCUT2D eigenvalue weighted by Crippen LogP contribution is -2.33. The van der Waals surface area contributed by atoms with Crippen molar-refractivity contribution in [2.75, 3.05) is 0 Å². The number of hydrogen-bond donors (Lipinski definition) is 2. The molecule has 0 spiro atoms. The maximum absolute atomic E-state index is 12.2. The molecule has 2 atom stereocenters.